The Hall–Kier alpha value is -9.88. The smallest absolute Gasteiger partial charge is 0.323 e. The number of hydrogen-bond acceptors (Lipinski definition) is 18. The Morgan fingerprint density at radius 2 is 0.800 bits per heavy atom. The number of nitrogens with zero attached hydrogens (tertiary/aromatic N) is 11. The van der Waals surface area contributed by atoms with Crippen molar-refractivity contribution in [1.29, 1.82) is 0 Å². The molecule has 0 saturated heterocycles. The molecule has 0 radical (unpaired) electrons. The lowest BCUT2D eigenvalue weighted by atomic mass is 10.1. The van der Waals surface area contributed by atoms with Crippen molar-refractivity contribution in [3.05, 3.63) is 216 Å². The second kappa shape index (κ2) is 20.2. The summed E-state index contributed by atoms with van der Waals surface area (Å²) in [7, 11) is 0. The highest BCUT2D eigenvalue weighted by atomic mass is 32.2. The van der Waals surface area contributed by atoms with Crippen molar-refractivity contribution in [3.8, 4) is 45.6 Å². The first-order chi connectivity index (χ1) is 39.0. The Morgan fingerprint density at radius 1 is 0.388 bits per heavy atom. The molecule has 1 N–H and O–H groups in total. The molecule has 0 fully saturated rings. The number of aromatic nitrogens is 8. The molecule has 80 heavy (non-hydrogen) atoms. The van der Waals surface area contributed by atoms with E-state index in [0.717, 1.165) is 40.9 Å². The van der Waals surface area contributed by atoms with Crippen LogP contribution < -0.4 is 0 Å². The van der Waals surface area contributed by atoms with Crippen LogP contribution in [0.15, 0.2) is 215 Å². The summed E-state index contributed by atoms with van der Waals surface area (Å²) in [6.07, 6.45) is 0. The van der Waals surface area contributed by atoms with Crippen LogP contribution in [0.25, 0.3) is 89.7 Å². The topological polar surface area (TPSA) is 271 Å². The van der Waals surface area contributed by atoms with Crippen LogP contribution in [0.1, 0.15) is 0 Å². The summed E-state index contributed by atoms with van der Waals surface area (Å²) in [4.78, 5) is 88.6. The minimum Gasteiger partial charge on any atom is -0.323 e. The van der Waals surface area contributed by atoms with Gasteiger partial charge in [0.25, 0.3) is 0 Å². The fourth-order valence-electron chi connectivity index (χ4n) is 9.52. The molecule has 0 amide bonds. The highest BCUT2D eigenvalue weighted by Gasteiger charge is 2.45. The Bertz CT molecular complexity index is 4630. The fraction of sp³-hybridized carbons (Fsp3) is 0. The van der Waals surface area contributed by atoms with Crippen LogP contribution in [0.3, 0.4) is 0 Å². The summed E-state index contributed by atoms with van der Waals surface area (Å²) in [6, 6.07) is 52.6. The number of fused-ring (bicyclic) bond motifs is 20. The second-order valence-electron chi connectivity index (χ2n) is 17.6. The number of nitro groups is 4. The van der Waals surface area contributed by atoms with Gasteiger partial charge in [0.15, 0.2) is 28.3 Å². The van der Waals surface area contributed by atoms with Crippen LogP contribution in [0.2, 0.25) is 0 Å². The maximum Gasteiger partial charge on any atom is 0.424 e. The third-order valence-electron chi connectivity index (χ3n) is 12.8. The molecule has 5 heterocycles. The van der Waals surface area contributed by atoms with Gasteiger partial charge in [-0.1, -0.05) is 168 Å². The van der Waals surface area contributed by atoms with Crippen LogP contribution in [-0.4, -0.2) is 59.4 Å². The molecular formula is C56H30N12O8S4. The van der Waals surface area contributed by atoms with Gasteiger partial charge in [0.2, 0.25) is 11.3 Å². The standard InChI is InChI=1S/C56H30N12O8S4/c69-65(70)43-41-42(47(79-32-21-9-3-10-22-32)45(67(73)74)44(43)66(71)72)54-60-52-40-38(29-39(77-30-17-5-1-6-18-30)46(78-31-19-7-2-8-20-31)48(40)80-33-23-11-4-12-24-33)51(59-52)63-56-37-28-16-15-27-36(37)55(64(56)68(75)76)62-50-35-26-14-13-25-34(35)49(57-50)58-53(41)61-54/h1-29H,(H,57,58,59,60,61,62,63). The van der Waals surface area contributed by atoms with E-state index in [9.17, 15) is 40.5 Å². The van der Waals surface area contributed by atoms with Gasteiger partial charge in [-0.2, -0.15) is 0 Å². The van der Waals surface area contributed by atoms with Gasteiger partial charge in [-0.3, -0.25) is 30.3 Å². The summed E-state index contributed by atoms with van der Waals surface area (Å²) in [5.74, 6) is -0.239. The summed E-state index contributed by atoms with van der Waals surface area (Å²) in [5.41, 5.74) is -3.23. The quantitative estimate of drug-likeness (QED) is 0.0879. The number of rotatable bonds is 12. The summed E-state index contributed by atoms with van der Waals surface area (Å²) < 4.78 is 0.770. The van der Waals surface area contributed by atoms with Gasteiger partial charge in [-0.15, -0.1) is 0 Å². The zero-order chi connectivity index (χ0) is 54.8. The van der Waals surface area contributed by atoms with Crippen molar-refractivity contribution in [2.75, 3.05) is 0 Å². The SMILES string of the molecule is O=[N+]([O-])c1c([N+](=O)[O-])c([N+](=O)[O-])c2c3nc4nc(nc5c6ccccc6c(nc6nc(nc([nH]3)c2c1Sc1ccccc1)-c1c-6cc(Sc2ccccc2)c(Sc2ccccc2)c1Sc1ccccc1)n5[N+](=O)[O-])-c1ccccc1-4. The predicted octanol–water partition coefficient (Wildman–Crippen LogP) is 14.7. The van der Waals surface area contributed by atoms with Crippen LogP contribution in [0.4, 0.5) is 17.1 Å². The Labute approximate surface area is 466 Å². The highest BCUT2D eigenvalue weighted by Crippen LogP contribution is 2.56. The first-order valence-corrected chi connectivity index (χ1v) is 27.2. The normalized spacial score (nSPS) is 11.6. The Morgan fingerprint density at radius 3 is 1.31 bits per heavy atom. The molecule has 3 aromatic heterocycles. The van der Waals surface area contributed by atoms with Crippen LogP contribution in [0.5, 0.6) is 0 Å². The number of hydrogen-bond donors (Lipinski definition) is 1. The second-order valence-corrected chi connectivity index (χ2v) is 22.0. The van der Waals surface area contributed by atoms with Gasteiger partial charge in [-0.25, -0.2) is 40.0 Å². The molecule has 386 valence electrons. The van der Waals surface area contributed by atoms with Crippen LogP contribution in [0, 0.1) is 40.5 Å². The molecule has 0 spiro atoms. The molecule has 20 nitrogen and oxygen atoms in total. The molecular weight excluding hydrogens is 1100 g/mol. The lowest BCUT2D eigenvalue weighted by molar-refractivity contribution is -0.534. The van der Waals surface area contributed by atoms with E-state index in [0.29, 0.717) is 42.8 Å². The van der Waals surface area contributed by atoms with Crippen molar-refractivity contribution in [1.82, 2.24) is 39.6 Å². The lowest BCUT2D eigenvalue weighted by Crippen LogP contribution is -2.09. The molecule has 0 saturated carbocycles. The molecule has 8 bridgehead atoms. The minimum absolute atomic E-state index is 0.0312. The highest BCUT2D eigenvalue weighted by molar-refractivity contribution is 8.04. The summed E-state index contributed by atoms with van der Waals surface area (Å²) >= 11 is 5.11. The number of aromatic amines is 1. The molecule has 13 rings (SSSR count). The van der Waals surface area contributed by atoms with Crippen molar-refractivity contribution in [2.45, 2.75) is 39.2 Å². The Kier molecular flexibility index (Phi) is 12.5. The van der Waals surface area contributed by atoms with Gasteiger partial charge in [0.05, 0.1) is 20.2 Å². The molecule has 11 aromatic rings. The maximum absolute atomic E-state index is 13.6. The van der Waals surface area contributed by atoms with Crippen molar-refractivity contribution in [2.24, 2.45) is 0 Å². The lowest BCUT2D eigenvalue weighted by Gasteiger charge is -2.18. The predicted molar refractivity (Wildman–Crippen MR) is 304 cm³/mol. The van der Waals surface area contributed by atoms with Gasteiger partial charge in [0.1, 0.15) is 21.6 Å². The molecule has 2 aliphatic rings. The molecule has 24 heteroatoms. The zero-order valence-electron chi connectivity index (χ0n) is 40.6. The van der Waals surface area contributed by atoms with Crippen LogP contribution in [-0.2, 0) is 0 Å². The van der Waals surface area contributed by atoms with E-state index in [2.05, 4.69) is 4.98 Å². The first kappa shape index (κ1) is 49.7. The number of benzene rings is 8. The van der Waals surface area contributed by atoms with Crippen molar-refractivity contribution < 1.29 is 19.8 Å². The average molecular weight is 1130 g/mol. The minimum atomic E-state index is -1.39. The molecule has 0 aliphatic carbocycles. The van der Waals surface area contributed by atoms with Gasteiger partial charge in [0, 0.05) is 67.3 Å². The van der Waals surface area contributed by atoms with E-state index in [4.69, 9.17) is 29.9 Å². The molecule has 0 atom stereocenters. The summed E-state index contributed by atoms with van der Waals surface area (Å²) in [6.45, 7) is 0. The maximum atomic E-state index is 13.6. The van der Waals surface area contributed by atoms with Crippen LogP contribution >= 0.6 is 47.0 Å². The zero-order valence-corrected chi connectivity index (χ0v) is 43.8. The fourth-order valence-corrected chi connectivity index (χ4v) is 14.0. The average Bonchev–Trinajstić information content (AvgIpc) is 4.39. The first-order valence-electron chi connectivity index (χ1n) is 24.0. The van der Waals surface area contributed by atoms with Gasteiger partial charge < -0.3 is 4.98 Å². The largest absolute Gasteiger partial charge is 0.424 e. The number of nitrogens with one attached hydrogen (secondary N) is 1. The molecule has 2 aliphatic heterocycles. The van der Waals surface area contributed by atoms with E-state index in [1.54, 1.807) is 78.9 Å². The number of H-pyrrole nitrogens is 1. The molecule has 8 aromatic carbocycles. The van der Waals surface area contributed by atoms with E-state index in [-0.39, 0.29) is 56.2 Å². The van der Waals surface area contributed by atoms with Crippen molar-refractivity contribution in [3.63, 3.8) is 0 Å². The van der Waals surface area contributed by atoms with E-state index in [1.807, 2.05) is 97.1 Å². The molecule has 0 unspecified atom stereocenters. The van der Waals surface area contributed by atoms with E-state index in [1.165, 1.54) is 35.3 Å². The Balaban J connectivity index is 1.28. The third kappa shape index (κ3) is 8.67. The van der Waals surface area contributed by atoms with E-state index < -0.39 is 42.3 Å². The van der Waals surface area contributed by atoms with Gasteiger partial charge in [-0.05, 0) is 59.3 Å². The summed E-state index contributed by atoms with van der Waals surface area (Å²) in [5, 5.41) is 53.2. The van der Waals surface area contributed by atoms with E-state index >= 15 is 0 Å². The monoisotopic (exact) mass is 1130 g/mol. The third-order valence-corrected chi connectivity index (χ3v) is 17.5. The number of nitro benzene ring substituents is 3. The van der Waals surface area contributed by atoms with Gasteiger partial charge >= 0.3 is 17.1 Å². The van der Waals surface area contributed by atoms with Crippen molar-refractivity contribution >= 4 is 108 Å².